The number of carbonyl (C=O) groups excluding carboxylic acids is 1. The van der Waals surface area contributed by atoms with E-state index in [2.05, 4.69) is 22.6 Å². The Labute approximate surface area is 143 Å². The molecule has 5 nitrogen and oxygen atoms in total. The number of ether oxygens (including phenoxy) is 1. The maximum Gasteiger partial charge on any atom is 0.420 e. The van der Waals surface area contributed by atoms with Gasteiger partial charge in [-0.1, -0.05) is 0 Å². The lowest BCUT2D eigenvalue weighted by Gasteiger charge is -2.27. The number of hydrogen-bond acceptors (Lipinski definition) is 6. The molecule has 23 heavy (non-hydrogen) atoms. The van der Waals surface area contributed by atoms with Gasteiger partial charge in [0.15, 0.2) is 0 Å². The summed E-state index contributed by atoms with van der Waals surface area (Å²) in [4.78, 5) is 22.4. The Bertz CT molecular complexity index is 807. The Balaban J connectivity index is 1.92. The lowest BCUT2D eigenvalue weighted by atomic mass is 10.2. The van der Waals surface area contributed by atoms with Gasteiger partial charge < -0.3 is 4.74 Å². The summed E-state index contributed by atoms with van der Waals surface area (Å²) in [7, 11) is 0. The Kier molecular flexibility index (Phi) is 4.78. The first-order chi connectivity index (χ1) is 11.2. The zero-order chi connectivity index (χ0) is 16.2. The Morgan fingerprint density at radius 1 is 1.35 bits per heavy atom. The number of benzene rings is 1. The summed E-state index contributed by atoms with van der Waals surface area (Å²) in [6.45, 7) is 1.93. The van der Waals surface area contributed by atoms with E-state index in [4.69, 9.17) is 4.74 Å². The molecule has 1 amide bonds. The van der Waals surface area contributed by atoms with E-state index in [1.165, 1.54) is 11.3 Å². The molecule has 1 aromatic carbocycles. The molecule has 7 heteroatoms. The van der Waals surface area contributed by atoms with Crippen LogP contribution in [0.5, 0.6) is 5.75 Å². The third-order valence-electron chi connectivity index (χ3n) is 3.35. The van der Waals surface area contributed by atoms with E-state index in [0.29, 0.717) is 11.5 Å². The average molecular weight is 345 g/mol. The Morgan fingerprint density at radius 2 is 2.13 bits per heavy atom. The number of nitrogens with zero attached hydrogens (tertiary/aromatic N) is 3. The van der Waals surface area contributed by atoms with Crippen molar-refractivity contribution in [2.75, 3.05) is 10.7 Å². The molecule has 0 aliphatic carbocycles. The summed E-state index contributed by atoms with van der Waals surface area (Å²) >= 11 is 5.85. The second-order valence-corrected chi connectivity index (χ2v) is 6.21. The van der Waals surface area contributed by atoms with Crippen LogP contribution in [0.3, 0.4) is 0 Å². The van der Waals surface area contributed by atoms with Crippen molar-refractivity contribution in [1.82, 2.24) is 9.97 Å². The van der Waals surface area contributed by atoms with E-state index in [-0.39, 0.29) is 6.04 Å². The molecule has 1 atom stereocenters. The van der Waals surface area contributed by atoms with Crippen molar-refractivity contribution in [2.24, 2.45) is 0 Å². The van der Waals surface area contributed by atoms with Crippen LogP contribution in [0.2, 0.25) is 0 Å². The molecule has 0 bridgehead atoms. The zero-order valence-electron chi connectivity index (χ0n) is 12.4. The number of hydrogen-bond donors (Lipinski definition) is 1. The van der Waals surface area contributed by atoms with E-state index in [9.17, 15) is 4.79 Å². The largest absolute Gasteiger partial charge is 0.420 e. The lowest BCUT2D eigenvalue weighted by Crippen LogP contribution is -2.41. The van der Waals surface area contributed by atoms with E-state index >= 15 is 0 Å². The standard InChI is InChI=1S/C16H15N3O2S2/c1-11(9-22)19(16(20)21-13-4-6-17-7-5-13)12-2-3-14-15(8-12)23-10-18-14/h2-8,10-11,22H,9H2,1H3. The highest BCUT2D eigenvalue weighted by Gasteiger charge is 2.23. The van der Waals surface area contributed by atoms with Crippen LogP contribution in [0, 0.1) is 0 Å². The summed E-state index contributed by atoms with van der Waals surface area (Å²) in [5, 5.41) is 0. The first kappa shape index (κ1) is 15.8. The fourth-order valence-electron chi connectivity index (χ4n) is 2.17. The molecule has 0 saturated heterocycles. The molecule has 0 N–H and O–H groups in total. The molecule has 0 fully saturated rings. The topological polar surface area (TPSA) is 55.3 Å². The Morgan fingerprint density at radius 3 is 2.87 bits per heavy atom. The van der Waals surface area contributed by atoms with Crippen LogP contribution in [0.1, 0.15) is 6.92 Å². The monoisotopic (exact) mass is 345 g/mol. The highest BCUT2D eigenvalue weighted by atomic mass is 32.1. The van der Waals surface area contributed by atoms with Gasteiger partial charge in [0.05, 0.1) is 15.7 Å². The summed E-state index contributed by atoms with van der Waals surface area (Å²) in [5.74, 6) is 0.979. The van der Waals surface area contributed by atoms with Gasteiger partial charge in [0.1, 0.15) is 5.75 Å². The fourth-order valence-corrected chi connectivity index (χ4v) is 3.04. The van der Waals surface area contributed by atoms with Crippen molar-refractivity contribution in [3.05, 3.63) is 48.2 Å². The molecule has 0 aliphatic heterocycles. The van der Waals surface area contributed by atoms with Gasteiger partial charge in [-0.05, 0) is 37.3 Å². The number of carbonyl (C=O) groups is 1. The van der Waals surface area contributed by atoms with E-state index in [1.807, 2.05) is 25.1 Å². The van der Waals surface area contributed by atoms with Crippen LogP contribution >= 0.6 is 24.0 Å². The van der Waals surface area contributed by atoms with E-state index in [0.717, 1.165) is 15.9 Å². The van der Waals surface area contributed by atoms with Gasteiger partial charge in [-0.15, -0.1) is 11.3 Å². The SMILES string of the molecule is CC(CS)N(C(=O)Oc1ccncc1)c1ccc2ncsc2c1. The minimum atomic E-state index is -0.443. The first-order valence-electron chi connectivity index (χ1n) is 7.04. The normalized spacial score (nSPS) is 12.1. The van der Waals surface area contributed by atoms with Gasteiger partial charge in [-0.2, -0.15) is 12.6 Å². The number of aromatic nitrogens is 2. The molecule has 1 unspecified atom stereocenters. The van der Waals surface area contributed by atoms with E-state index < -0.39 is 6.09 Å². The molecule has 0 aliphatic rings. The summed E-state index contributed by atoms with van der Waals surface area (Å²) in [6, 6.07) is 8.90. The Hall–Kier alpha value is -2.12. The molecule has 3 aromatic rings. The predicted octanol–water partition coefficient (Wildman–Crippen LogP) is 4.02. The van der Waals surface area contributed by atoms with Crippen LogP contribution in [0.15, 0.2) is 48.2 Å². The maximum absolute atomic E-state index is 12.6. The molecule has 0 saturated carbocycles. The predicted molar refractivity (Wildman–Crippen MR) is 95.7 cm³/mol. The smallest absolute Gasteiger partial charge is 0.410 e. The van der Waals surface area contributed by atoms with Crippen LogP contribution in [0.4, 0.5) is 10.5 Å². The number of anilines is 1. The van der Waals surface area contributed by atoms with Crippen LogP contribution in [-0.4, -0.2) is 27.9 Å². The second-order valence-electron chi connectivity index (χ2n) is 4.96. The van der Waals surface area contributed by atoms with Crippen molar-refractivity contribution in [3.8, 4) is 5.75 Å². The number of amides is 1. The van der Waals surface area contributed by atoms with Crippen LogP contribution in [0.25, 0.3) is 10.2 Å². The second kappa shape index (κ2) is 6.97. The number of thiazole rings is 1. The molecule has 0 radical (unpaired) electrons. The van der Waals surface area contributed by atoms with Gasteiger partial charge in [0, 0.05) is 29.9 Å². The molecular weight excluding hydrogens is 330 g/mol. The maximum atomic E-state index is 12.6. The molecule has 2 heterocycles. The quantitative estimate of drug-likeness (QED) is 0.726. The highest BCUT2D eigenvalue weighted by molar-refractivity contribution is 7.80. The number of rotatable bonds is 4. The van der Waals surface area contributed by atoms with Crippen LogP contribution in [-0.2, 0) is 0 Å². The molecule has 118 valence electrons. The van der Waals surface area contributed by atoms with Crippen molar-refractivity contribution in [3.63, 3.8) is 0 Å². The van der Waals surface area contributed by atoms with Crippen molar-refractivity contribution >= 4 is 46.0 Å². The number of pyridine rings is 1. The minimum absolute atomic E-state index is 0.113. The zero-order valence-corrected chi connectivity index (χ0v) is 14.1. The van der Waals surface area contributed by atoms with Gasteiger partial charge in [-0.25, -0.2) is 9.78 Å². The molecule has 3 rings (SSSR count). The average Bonchev–Trinajstić information content (AvgIpc) is 3.03. The third kappa shape index (κ3) is 3.46. The summed E-state index contributed by atoms with van der Waals surface area (Å²) in [6.07, 6.45) is 2.72. The molecule has 2 aromatic heterocycles. The fraction of sp³-hybridized carbons (Fsp3) is 0.188. The lowest BCUT2D eigenvalue weighted by molar-refractivity contribution is 0.206. The minimum Gasteiger partial charge on any atom is -0.410 e. The highest BCUT2D eigenvalue weighted by Crippen LogP contribution is 2.27. The third-order valence-corrected chi connectivity index (χ3v) is 4.67. The van der Waals surface area contributed by atoms with Gasteiger partial charge in [-0.3, -0.25) is 9.88 Å². The van der Waals surface area contributed by atoms with Gasteiger partial charge >= 0.3 is 6.09 Å². The van der Waals surface area contributed by atoms with Gasteiger partial charge in [0.2, 0.25) is 0 Å². The van der Waals surface area contributed by atoms with Crippen LogP contribution < -0.4 is 9.64 Å². The van der Waals surface area contributed by atoms with Crippen molar-refractivity contribution in [1.29, 1.82) is 0 Å². The van der Waals surface area contributed by atoms with Crippen molar-refractivity contribution < 1.29 is 9.53 Å². The van der Waals surface area contributed by atoms with E-state index in [1.54, 1.807) is 34.9 Å². The molecule has 0 spiro atoms. The summed E-state index contributed by atoms with van der Waals surface area (Å²) in [5.41, 5.74) is 3.47. The molecular formula is C16H15N3O2S2. The summed E-state index contributed by atoms with van der Waals surface area (Å²) < 4.78 is 6.47. The van der Waals surface area contributed by atoms with Crippen molar-refractivity contribution in [2.45, 2.75) is 13.0 Å². The van der Waals surface area contributed by atoms with Gasteiger partial charge in [0.25, 0.3) is 0 Å². The number of fused-ring (bicyclic) bond motifs is 1. The number of thiol groups is 1. The first-order valence-corrected chi connectivity index (χ1v) is 8.55.